The van der Waals surface area contributed by atoms with Crippen LogP contribution in [0.5, 0.6) is 0 Å². The topological polar surface area (TPSA) is 27.1 Å². The summed E-state index contributed by atoms with van der Waals surface area (Å²) in [4.78, 5) is 4.59. The zero-order valence-electron chi connectivity index (χ0n) is 9.08. The average molecular weight is 202 g/mol. The fraction of sp³-hybridized carbons (Fsp3) is 0.417. The molecule has 78 valence electrons. The van der Waals surface area contributed by atoms with Gasteiger partial charge in [-0.05, 0) is 37.1 Å². The molecule has 0 fully saturated rings. The van der Waals surface area contributed by atoms with Crippen LogP contribution in [-0.4, -0.2) is 16.2 Å². The summed E-state index contributed by atoms with van der Waals surface area (Å²) in [6.07, 6.45) is 0. The zero-order chi connectivity index (χ0) is 10.4. The first kappa shape index (κ1) is 8.92. The Bertz CT molecular complexity index is 528. The van der Waals surface area contributed by atoms with E-state index in [0.717, 1.165) is 24.5 Å². The predicted molar refractivity (Wildman–Crippen MR) is 58.9 cm³/mol. The Hall–Kier alpha value is -1.35. The van der Waals surface area contributed by atoms with Crippen LogP contribution in [0.4, 0.5) is 0 Å². The Morgan fingerprint density at radius 3 is 2.93 bits per heavy atom. The molecule has 3 rings (SSSR count). The van der Waals surface area contributed by atoms with Crippen LogP contribution in [0.25, 0.3) is 11.0 Å². The van der Waals surface area contributed by atoms with Crippen molar-refractivity contribution in [3.8, 4) is 0 Å². The van der Waals surface area contributed by atoms with Gasteiger partial charge in [-0.3, -0.25) is 0 Å². The molecule has 0 atom stereocenters. The molecule has 3 nitrogen and oxygen atoms in total. The lowest BCUT2D eigenvalue weighted by Gasteiger charge is -2.14. The Morgan fingerprint density at radius 2 is 2.07 bits per heavy atom. The summed E-state index contributed by atoms with van der Waals surface area (Å²) in [7, 11) is 0. The number of aromatic nitrogens is 2. The molecule has 0 N–H and O–H groups in total. The molecule has 0 unspecified atom stereocenters. The maximum absolute atomic E-state index is 5.40. The molecule has 1 aliphatic rings. The third-order valence-corrected chi connectivity index (χ3v) is 3.13. The third kappa shape index (κ3) is 1.27. The van der Waals surface area contributed by atoms with Gasteiger partial charge in [0.15, 0.2) is 0 Å². The molecule has 0 bridgehead atoms. The average Bonchev–Trinajstić information content (AvgIpc) is 2.57. The smallest absolute Gasteiger partial charge is 0.136 e. The highest BCUT2D eigenvalue weighted by Crippen LogP contribution is 2.22. The zero-order valence-corrected chi connectivity index (χ0v) is 9.08. The van der Waals surface area contributed by atoms with Gasteiger partial charge in [0, 0.05) is 6.54 Å². The van der Waals surface area contributed by atoms with Gasteiger partial charge in [-0.15, -0.1) is 0 Å². The number of imidazole rings is 1. The first-order valence-electron chi connectivity index (χ1n) is 5.30. The molecule has 0 amide bonds. The van der Waals surface area contributed by atoms with Gasteiger partial charge in [0.2, 0.25) is 0 Å². The minimum atomic E-state index is 0.646. The van der Waals surface area contributed by atoms with Crippen molar-refractivity contribution in [3.63, 3.8) is 0 Å². The molecule has 1 aromatic heterocycles. The van der Waals surface area contributed by atoms with Crippen molar-refractivity contribution in [1.29, 1.82) is 0 Å². The lowest BCUT2D eigenvalue weighted by atomic mass is 10.1. The highest BCUT2D eigenvalue weighted by Gasteiger charge is 2.15. The highest BCUT2D eigenvalue weighted by molar-refractivity contribution is 5.78. The number of hydrogen-bond donors (Lipinski definition) is 0. The lowest BCUT2D eigenvalue weighted by molar-refractivity contribution is 0.0830. The van der Waals surface area contributed by atoms with Crippen LogP contribution < -0.4 is 0 Å². The highest BCUT2D eigenvalue weighted by atomic mass is 16.5. The van der Waals surface area contributed by atoms with Crippen LogP contribution in [0.1, 0.15) is 17.0 Å². The first-order chi connectivity index (χ1) is 7.25. The molecule has 0 spiro atoms. The van der Waals surface area contributed by atoms with Gasteiger partial charge >= 0.3 is 0 Å². The molecule has 15 heavy (non-hydrogen) atoms. The number of ether oxygens (including phenoxy) is 1. The minimum absolute atomic E-state index is 0.646. The second-order valence-corrected chi connectivity index (χ2v) is 4.16. The van der Waals surface area contributed by atoms with Gasteiger partial charge in [-0.25, -0.2) is 4.98 Å². The summed E-state index contributed by atoms with van der Waals surface area (Å²) >= 11 is 0. The van der Waals surface area contributed by atoms with E-state index in [9.17, 15) is 0 Å². The van der Waals surface area contributed by atoms with Crippen LogP contribution in [0.15, 0.2) is 12.1 Å². The molecule has 2 heterocycles. The maximum atomic E-state index is 5.40. The summed E-state index contributed by atoms with van der Waals surface area (Å²) in [5.74, 6) is 1.06. The van der Waals surface area contributed by atoms with E-state index in [4.69, 9.17) is 4.74 Å². The van der Waals surface area contributed by atoms with Crippen molar-refractivity contribution in [3.05, 3.63) is 29.1 Å². The second-order valence-electron chi connectivity index (χ2n) is 4.16. The van der Waals surface area contributed by atoms with E-state index in [1.807, 2.05) is 0 Å². The van der Waals surface area contributed by atoms with Crippen LogP contribution in [0.3, 0.4) is 0 Å². The van der Waals surface area contributed by atoms with E-state index < -0.39 is 0 Å². The van der Waals surface area contributed by atoms with Gasteiger partial charge in [-0.1, -0.05) is 0 Å². The molecule has 1 aromatic carbocycles. The van der Waals surface area contributed by atoms with Gasteiger partial charge < -0.3 is 9.30 Å². The molecular weight excluding hydrogens is 188 g/mol. The Labute approximate surface area is 88.7 Å². The van der Waals surface area contributed by atoms with Crippen molar-refractivity contribution >= 4 is 11.0 Å². The number of hydrogen-bond acceptors (Lipinski definition) is 2. The molecular formula is C12H14N2O. The quantitative estimate of drug-likeness (QED) is 0.654. The van der Waals surface area contributed by atoms with Crippen molar-refractivity contribution in [2.75, 3.05) is 6.61 Å². The Kier molecular flexibility index (Phi) is 1.83. The third-order valence-electron chi connectivity index (χ3n) is 3.13. The van der Waals surface area contributed by atoms with Gasteiger partial charge in [-0.2, -0.15) is 0 Å². The number of aryl methyl sites for hydroxylation is 2. The van der Waals surface area contributed by atoms with Crippen molar-refractivity contribution in [1.82, 2.24) is 9.55 Å². The fourth-order valence-electron chi connectivity index (χ4n) is 2.11. The molecule has 1 aliphatic heterocycles. The summed E-state index contributed by atoms with van der Waals surface area (Å²) in [6.45, 7) is 6.64. The number of rotatable bonds is 0. The molecule has 0 saturated heterocycles. The van der Waals surface area contributed by atoms with E-state index in [-0.39, 0.29) is 0 Å². The lowest BCUT2D eigenvalue weighted by Crippen LogP contribution is -2.16. The van der Waals surface area contributed by atoms with Crippen LogP contribution >= 0.6 is 0 Å². The molecule has 3 heteroatoms. The molecule has 0 saturated carbocycles. The summed E-state index contributed by atoms with van der Waals surface area (Å²) in [5, 5.41) is 0. The first-order valence-corrected chi connectivity index (χ1v) is 5.30. The largest absolute Gasteiger partial charge is 0.372 e. The number of nitrogens with zero attached hydrogens (tertiary/aromatic N) is 2. The van der Waals surface area contributed by atoms with Crippen molar-refractivity contribution in [2.24, 2.45) is 0 Å². The Morgan fingerprint density at radius 1 is 1.27 bits per heavy atom. The van der Waals surface area contributed by atoms with Crippen molar-refractivity contribution < 1.29 is 4.74 Å². The van der Waals surface area contributed by atoms with E-state index in [0.29, 0.717) is 6.61 Å². The van der Waals surface area contributed by atoms with Crippen LogP contribution in [-0.2, 0) is 17.9 Å². The number of benzene rings is 1. The summed E-state index contributed by atoms with van der Waals surface area (Å²) in [6, 6.07) is 4.39. The van der Waals surface area contributed by atoms with Crippen LogP contribution in [0.2, 0.25) is 0 Å². The fourth-order valence-corrected chi connectivity index (χ4v) is 2.11. The van der Waals surface area contributed by atoms with Gasteiger partial charge in [0.25, 0.3) is 0 Å². The minimum Gasteiger partial charge on any atom is -0.372 e. The molecule has 0 aliphatic carbocycles. The summed E-state index contributed by atoms with van der Waals surface area (Å²) in [5.41, 5.74) is 4.98. The van der Waals surface area contributed by atoms with E-state index in [1.165, 1.54) is 16.6 Å². The molecule has 2 aromatic rings. The Balaban J connectivity index is 2.33. The SMILES string of the molecule is Cc1cc2nc3n(c2cc1C)CCOC3. The van der Waals surface area contributed by atoms with E-state index >= 15 is 0 Å². The van der Waals surface area contributed by atoms with Crippen molar-refractivity contribution in [2.45, 2.75) is 27.0 Å². The van der Waals surface area contributed by atoms with Crippen LogP contribution in [0, 0.1) is 13.8 Å². The van der Waals surface area contributed by atoms with E-state index in [1.54, 1.807) is 0 Å². The van der Waals surface area contributed by atoms with Gasteiger partial charge in [0.1, 0.15) is 12.4 Å². The summed E-state index contributed by atoms with van der Waals surface area (Å²) < 4.78 is 7.67. The second kappa shape index (κ2) is 3.07. The van der Waals surface area contributed by atoms with Gasteiger partial charge in [0.05, 0.1) is 17.6 Å². The number of fused-ring (bicyclic) bond motifs is 3. The van der Waals surface area contributed by atoms with E-state index in [2.05, 4.69) is 35.5 Å². The predicted octanol–water partition coefficient (Wildman–Crippen LogP) is 2.18. The monoisotopic (exact) mass is 202 g/mol. The normalized spacial score (nSPS) is 15.6. The maximum Gasteiger partial charge on any atom is 0.136 e. The molecule has 0 radical (unpaired) electrons. The standard InChI is InChI=1S/C12H14N2O/c1-8-5-10-11(6-9(8)2)14-3-4-15-7-12(14)13-10/h5-6H,3-4,7H2,1-2H3.